The molecule has 0 aliphatic carbocycles. The van der Waals surface area contributed by atoms with Gasteiger partial charge in [-0.05, 0) is 24.1 Å². The van der Waals surface area contributed by atoms with Crippen LogP contribution >= 0.6 is 0 Å². The van der Waals surface area contributed by atoms with Crippen LogP contribution in [0.2, 0.25) is 0 Å². The van der Waals surface area contributed by atoms with E-state index in [2.05, 4.69) is 10.2 Å². The molecule has 5 heteroatoms. The fourth-order valence-corrected chi connectivity index (χ4v) is 1.55. The van der Waals surface area contributed by atoms with Gasteiger partial charge in [0, 0.05) is 6.42 Å². The largest absolute Gasteiger partial charge is 0.497 e. The van der Waals surface area contributed by atoms with Crippen LogP contribution in [0.5, 0.6) is 5.75 Å². The van der Waals surface area contributed by atoms with Crippen molar-refractivity contribution < 1.29 is 9.15 Å². The molecular weight excluding hydrogens is 218 g/mol. The summed E-state index contributed by atoms with van der Waals surface area (Å²) in [5.41, 5.74) is 6.57. The Labute approximate surface area is 99.6 Å². The second kappa shape index (κ2) is 5.45. The lowest BCUT2D eigenvalue weighted by atomic mass is 10.1. The van der Waals surface area contributed by atoms with Crippen molar-refractivity contribution in [1.29, 1.82) is 0 Å². The summed E-state index contributed by atoms with van der Waals surface area (Å²) in [6.07, 6.45) is 1.55. The number of hydrogen-bond donors (Lipinski definition) is 1. The zero-order chi connectivity index (χ0) is 12.1. The molecule has 1 aromatic heterocycles. The third-order valence-corrected chi connectivity index (χ3v) is 2.45. The second-order valence-electron chi connectivity index (χ2n) is 3.65. The van der Waals surface area contributed by atoms with Crippen molar-refractivity contribution in [1.82, 2.24) is 10.2 Å². The number of nitrogens with zero attached hydrogens (tertiary/aromatic N) is 2. The third-order valence-electron chi connectivity index (χ3n) is 2.45. The van der Waals surface area contributed by atoms with Crippen molar-refractivity contribution >= 4 is 0 Å². The molecule has 2 rings (SSSR count). The number of benzene rings is 1. The van der Waals surface area contributed by atoms with Gasteiger partial charge in [-0.2, -0.15) is 0 Å². The summed E-state index contributed by atoms with van der Waals surface area (Å²) in [5.74, 6) is 1.95. The maximum absolute atomic E-state index is 5.40. The number of rotatable bonds is 5. The van der Waals surface area contributed by atoms with Gasteiger partial charge in [0.05, 0.1) is 13.7 Å². The fourth-order valence-electron chi connectivity index (χ4n) is 1.55. The van der Waals surface area contributed by atoms with Gasteiger partial charge in [0.1, 0.15) is 5.75 Å². The van der Waals surface area contributed by atoms with Gasteiger partial charge >= 0.3 is 0 Å². The van der Waals surface area contributed by atoms with Gasteiger partial charge in [0.2, 0.25) is 11.8 Å². The molecule has 90 valence electrons. The van der Waals surface area contributed by atoms with E-state index < -0.39 is 0 Å². The van der Waals surface area contributed by atoms with Gasteiger partial charge in [-0.1, -0.05) is 12.1 Å². The SMILES string of the molecule is COc1cccc(CCc2nnc(CN)o2)c1. The first kappa shape index (κ1) is 11.6. The molecule has 0 radical (unpaired) electrons. The van der Waals surface area contributed by atoms with Crippen LogP contribution in [0.1, 0.15) is 17.3 Å². The minimum Gasteiger partial charge on any atom is -0.497 e. The van der Waals surface area contributed by atoms with Crippen molar-refractivity contribution in [3.63, 3.8) is 0 Å². The van der Waals surface area contributed by atoms with Crippen LogP contribution in [0, 0.1) is 0 Å². The van der Waals surface area contributed by atoms with E-state index in [1.165, 1.54) is 5.56 Å². The van der Waals surface area contributed by atoms with Gasteiger partial charge in [0.25, 0.3) is 0 Å². The highest BCUT2D eigenvalue weighted by Gasteiger charge is 2.05. The molecule has 0 aliphatic heterocycles. The smallest absolute Gasteiger partial charge is 0.230 e. The van der Waals surface area contributed by atoms with Crippen molar-refractivity contribution in [2.45, 2.75) is 19.4 Å². The summed E-state index contributed by atoms with van der Waals surface area (Å²) < 4.78 is 10.5. The van der Waals surface area contributed by atoms with E-state index in [4.69, 9.17) is 14.9 Å². The first-order valence-corrected chi connectivity index (χ1v) is 5.46. The molecular formula is C12H15N3O2. The number of aryl methyl sites for hydroxylation is 2. The first-order valence-electron chi connectivity index (χ1n) is 5.46. The van der Waals surface area contributed by atoms with Crippen molar-refractivity contribution in [3.8, 4) is 5.75 Å². The number of ether oxygens (including phenoxy) is 1. The summed E-state index contributed by atoms with van der Waals surface area (Å²) in [5, 5.41) is 7.73. The van der Waals surface area contributed by atoms with Crippen molar-refractivity contribution in [3.05, 3.63) is 41.6 Å². The Balaban J connectivity index is 1.96. The molecule has 0 fully saturated rings. The Hall–Kier alpha value is -1.88. The molecule has 0 unspecified atom stereocenters. The van der Waals surface area contributed by atoms with Crippen molar-refractivity contribution in [2.24, 2.45) is 5.73 Å². The molecule has 0 saturated heterocycles. The quantitative estimate of drug-likeness (QED) is 0.843. The molecule has 0 spiro atoms. The number of aromatic nitrogens is 2. The topological polar surface area (TPSA) is 74.2 Å². The van der Waals surface area contributed by atoms with E-state index in [0.717, 1.165) is 12.2 Å². The van der Waals surface area contributed by atoms with E-state index in [0.29, 0.717) is 18.2 Å². The van der Waals surface area contributed by atoms with E-state index in [9.17, 15) is 0 Å². The average Bonchev–Trinajstić information content (AvgIpc) is 2.84. The molecule has 17 heavy (non-hydrogen) atoms. The molecule has 1 heterocycles. The lowest BCUT2D eigenvalue weighted by Gasteiger charge is -2.02. The summed E-state index contributed by atoms with van der Waals surface area (Å²) >= 11 is 0. The van der Waals surface area contributed by atoms with Gasteiger partial charge in [0.15, 0.2) is 0 Å². The van der Waals surface area contributed by atoms with E-state index in [1.807, 2.05) is 24.3 Å². The minimum absolute atomic E-state index is 0.284. The predicted molar refractivity (Wildman–Crippen MR) is 62.6 cm³/mol. The summed E-state index contributed by atoms with van der Waals surface area (Å²) in [4.78, 5) is 0. The minimum atomic E-state index is 0.284. The number of hydrogen-bond acceptors (Lipinski definition) is 5. The highest BCUT2D eigenvalue weighted by Crippen LogP contribution is 2.14. The molecule has 2 aromatic rings. The van der Waals surface area contributed by atoms with E-state index >= 15 is 0 Å². The van der Waals surface area contributed by atoms with Crippen molar-refractivity contribution in [2.75, 3.05) is 7.11 Å². The van der Waals surface area contributed by atoms with Crippen LogP contribution in [0.25, 0.3) is 0 Å². The highest BCUT2D eigenvalue weighted by atomic mass is 16.5. The van der Waals surface area contributed by atoms with Crippen LogP contribution < -0.4 is 10.5 Å². The van der Waals surface area contributed by atoms with Crippen LogP contribution in [-0.4, -0.2) is 17.3 Å². The maximum atomic E-state index is 5.40. The van der Waals surface area contributed by atoms with E-state index in [-0.39, 0.29) is 6.54 Å². The van der Waals surface area contributed by atoms with Gasteiger partial charge in [-0.3, -0.25) is 0 Å². The lowest BCUT2D eigenvalue weighted by Crippen LogP contribution is -1.95. The number of methoxy groups -OCH3 is 1. The monoisotopic (exact) mass is 233 g/mol. The zero-order valence-electron chi connectivity index (χ0n) is 9.72. The highest BCUT2D eigenvalue weighted by molar-refractivity contribution is 5.28. The lowest BCUT2D eigenvalue weighted by molar-refractivity contribution is 0.414. The third kappa shape index (κ3) is 3.04. The average molecular weight is 233 g/mol. The maximum Gasteiger partial charge on any atom is 0.230 e. The predicted octanol–water partition coefficient (Wildman–Crippen LogP) is 1.32. The molecule has 0 saturated carbocycles. The molecule has 5 nitrogen and oxygen atoms in total. The van der Waals surface area contributed by atoms with E-state index in [1.54, 1.807) is 7.11 Å². The zero-order valence-corrected chi connectivity index (χ0v) is 9.72. The Morgan fingerprint density at radius 3 is 2.76 bits per heavy atom. The number of nitrogens with two attached hydrogens (primary N) is 1. The molecule has 0 bridgehead atoms. The molecule has 0 amide bonds. The summed E-state index contributed by atoms with van der Waals surface area (Å²) in [7, 11) is 1.66. The molecule has 0 aliphatic rings. The van der Waals surface area contributed by atoms with Crippen LogP contribution in [0.4, 0.5) is 0 Å². The summed E-state index contributed by atoms with van der Waals surface area (Å²) in [6.45, 7) is 0.284. The Kier molecular flexibility index (Phi) is 3.72. The van der Waals surface area contributed by atoms with Gasteiger partial charge in [-0.15, -0.1) is 10.2 Å². The standard InChI is InChI=1S/C12H15N3O2/c1-16-10-4-2-3-9(7-10)5-6-11-14-15-12(8-13)17-11/h2-4,7H,5-6,8,13H2,1H3. The van der Waals surface area contributed by atoms with Crippen LogP contribution in [0.15, 0.2) is 28.7 Å². The Morgan fingerprint density at radius 2 is 2.06 bits per heavy atom. The molecule has 0 atom stereocenters. The summed E-state index contributed by atoms with van der Waals surface area (Å²) in [6, 6.07) is 7.93. The fraction of sp³-hybridized carbons (Fsp3) is 0.333. The van der Waals surface area contributed by atoms with Crippen LogP contribution in [0.3, 0.4) is 0 Å². The Bertz CT molecular complexity index is 482. The molecule has 2 N–H and O–H groups in total. The van der Waals surface area contributed by atoms with Crippen LogP contribution in [-0.2, 0) is 19.4 Å². The normalized spacial score (nSPS) is 10.5. The van der Waals surface area contributed by atoms with Gasteiger partial charge in [-0.25, -0.2) is 0 Å². The first-order chi connectivity index (χ1) is 8.31. The second-order valence-corrected chi connectivity index (χ2v) is 3.65. The Morgan fingerprint density at radius 1 is 1.24 bits per heavy atom. The molecule has 1 aromatic carbocycles. The van der Waals surface area contributed by atoms with Gasteiger partial charge < -0.3 is 14.9 Å².